The van der Waals surface area contributed by atoms with Crippen LogP contribution in [0.25, 0.3) is 0 Å². The van der Waals surface area contributed by atoms with Gasteiger partial charge >= 0.3 is 5.97 Å². The van der Waals surface area contributed by atoms with Gasteiger partial charge in [-0.3, -0.25) is 4.79 Å². The smallest absolute Gasteiger partial charge is 0.305 e. The van der Waals surface area contributed by atoms with Gasteiger partial charge in [-0.05, 0) is 63.2 Å². The first-order chi connectivity index (χ1) is 11.7. The molecule has 2 atom stereocenters. The molecule has 3 aliphatic rings. The Balaban J connectivity index is 0.00000100. The molecule has 0 N–H and O–H groups in total. The van der Waals surface area contributed by atoms with E-state index in [9.17, 15) is 4.79 Å². The van der Waals surface area contributed by atoms with Gasteiger partial charge in [-0.2, -0.15) is 0 Å². The van der Waals surface area contributed by atoms with Gasteiger partial charge in [0.1, 0.15) is 0 Å². The summed E-state index contributed by atoms with van der Waals surface area (Å²) in [6, 6.07) is 0. The highest BCUT2D eigenvalue weighted by atomic mass is 16.7. The molecule has 0 bridgehead atoms. The number of carbonyl (C=O) groups is 1. The largest absolute Gasteiger partial charge is 0.466 e. The molecule has 1 saturated heterocycles. The highest BCUT2D eigenvalue weighted by molar-refractivity contribution is 5.69. The summed E-state index contributed by atoms with van der Waals surface area (Å²) >= 11 is 0. The summed E-state index contributed by atoms with van der Waals surface area (Å²) in [5.41, 5.74) is 0.442. The lowest BCUT2D eigenvalue weighted by Gasteiger charge is -2.43. The number of esters is 1. The Labute approximate surface area is 147 Å². The Morgan fingerprint density at radius 1 is 1.17 bits per heavy atom. The van der Waals surface area contributed by atoms with Gasteiger partial charge in [0.15, 0.2) is 5.79 Å². The lowest BCUT2D eigenvalue weighted by molar-refractivity contribution is -0.201. The van der Waals surface area contributed by atoms with Gasteiger partial charge in [-0.15, -0.1) is 0 Å². The molecule has 0 amide bonds. The standard InChI is InChI=1S/C18H30O4.C2H6/c1-2-20-16(19)6-3-5-15-7-10-17(13-15)8-4-9-18(14-17)21-11-12-22-18;1-2/h15H,2-14H2,1H3;1-2H3/t15-,17-;/m0./s1. The van der Waals surface area contributed by atoms with Gasteiger partial charge in [-0.25, -0.2) is 0 Å². The monoisotopic (exact) mass is 340 g/mol. The topological polar surface area (TPSA) is 44.8 Å². The molecule has 0 aromatic heterocycles. The van der Waals surface area contributed by atoms with Crippen molar-refractivity contribution in [2.45, 2.75) is 90.8 Å². The van der Waals surface area contributed by atoms with E-state index in [1.807, 2.05) is 20.8 Å². The van der Waals surface area contributed by atoms with Crippen LogP contribution < -0.4 is 0 Å². The minimum Gasteiger partial charge on any atom is -0.466 e. The van der Waals surface area contributed by atoms with Crippen LogP contribution in [0.4, 0.5) is 0 Å². The SMILES string of the molecule is CC.CCOC(=O)CCC[C@H]1CC[C@@]2(CCCC3(C2)OCCO3)C1. The molecule has 1 heterocycles. The minimum atomic E-state index is -0.252. The maximum Gasteiger partial charge on any atom is 0.305 e. The van der Waals surface area contributed by atoms with Gasteiger partial charge in [-0.1, -0.05) is 13.8 Å². The lowest BCUT2D eigenvalue weighted by Crippen LogP contribution is -2.41. The fraction of sp³-hybridized carbons (Fsp3) is 0.950. The first kappa shape index (κ1) is 19.7. The quantitative estimate of drug-likeness (QED) is 0.671. The number of rotatable bonds is 5. The molecular formula is C20H36O4. The molecule has 24 heavy (non-hydrogen) atoms. The summed E-state index contributed by atoms with van der Waals surface area (Å²) in [5.74, 6) is 0.475. The Bertz CT molecular complexity index is 389. The molecule has 0 aromatic rings. The molecule has 3 rings (SSSR count). The number of ether oxygens (including phenoxy) is 3. The summed E-state index contributed by atoms with van der Waals surface area (Å²) in [5, 5.41) is 0. The van der Waals surface area contributed by atoms with Crippen molar-refractivity contribution in [1.29, 1.82) is 0 Å². The summed E-state index contributed by atoms with van der Waals surface area (Å²) in [6.07, 6.45) is 11.3. The van der Waals surface area contributed by atoms with E-state index in [0.717, 1.165) is 44.8 Å². The molecule has 0 radical (unpaired) electrons. The lowest BCUT2D eigenvalue weighted by atomic mass is 9.69. The van der Waals surface area contributed by atoms with Crippen molar-refractivity contribution in [2.75, 3.05) is 19.8 Å². The Morgan fingerprint density at radius 2 is 1.92 bits per heavy atom. The van der Waals surface area contributed by atoms with Crippen LogP contribution >= 0.6 is 0 Å². The van der Waals surface area contributed by atoms with Crippen molar-refractivity contribution in [3.05, 3.63) is 0 Å². The van der Waals surface area contributed by atoms with E-state index < -0.39 is 0 Å². The molecule has 2 spiro atoms. The maximum atomic E-state index is 11.4. The average Bonchev–Trinajstić information content (AvgIpc) is 3.18. The molecule has 0 aromatic carbocycles. The van der Waals surface area contributed by atoms with Crippen LogP contribution in [0.2, 0.25) is 0 Å². The van der Waals surface area contributed by atoms with E-state index in [-0.39, 0.29) is 11.8 Å². The fourth-order valence-electron chi connectivity index (χ4n) is 4.95. The Kier molecular flexibility index (Phi) is 7.55. The average molecular weight is 341 g/mol. The molecular weight excluding hydrogens is 304 g/mol. The van der Waals surface area contributed by atoms with E-state index in [0.29, 0.717) is 18.4 Å². The summed E-state index contributed by atoms with van der Waals surface area (Å²) < 4.78 is 16.9. The first-order valence-electron chi connectivity index (χ1n) is 10.1. The van der Waals surface area contributed by atoms with E-state index >= 15 is 0 Å². The number of hydrogen-bond donors (Lipinski definition) is 0. The van der Waals surface area contributed by atoms with E-state index in [1.165, 1.54) is 32.1 Å². The van der Waals surface area contributed by atoms with Crippen molar-refractivity contribution < 1.29 is 19.0 Å². The van der Waals surface area contributed by atoms with Crippen LogP contribution in [0.1, 0.15) is 85.0 Å². The van der Waals surface area contributed by atoms with E-state index in [2.05, 4.69) is 0 Å². The molecule has 3 fully saturated rings. The Hall–Kier alpha value is -0.610. The third-order valence-corrected chi connectivity index (χ3v) is 5.83. The predicted molar refractivity (Wildman–Crippen MR) is 94.7 cm³/mol. The van der Waals surface area contributed by atoms with E-state index in [4.69, 9.17) is 14.2 Å². The molecule has 0 unspecified atom stereocenters. The van der Waals surface area contributed by atoms with Gasteiger partial charge < -0.3 is 14.2 Å². The first-order valence-corrected chi connectivity index (χ1v) is 10.1. The van der Waals surface area contributed by atoms with Crippen molar-refractivity contribution >= 4 is 5.97 Å². The molecule has 1 aliphatic heterocycles. The second-order valence-corrected chi connectivity index (χ2v) is 7.44. The summed E-state index contributed by atoms with van der Waals surface area (Å²) in [4.78, 5) is 11.4. The zero-order chi connectivity index (χ0) is 17.5. The van der Waals surface area contributed by atoms with Crippen molar-refractivity contribution in [3.63, 3.8) is 0 Å². The van der Waals surface area contributed by atoms with Crippen molar-refractivity contribution in [1.82, 2.24) is 0 Å². The van der Waals surface area contributed by atoms with Gasteiger partial charge in [0.2, 0.25) is 0 Å². The molecule has 4 heteroatoms. The second-order valence-electron chi connectivity index (χ2n) is 7.44. The zero-order valence-electron chi connectivity index (χ0n) is 15.9. The summed E-state index contributed by atoms with van der Waals surface area (Å²) in [7, 11) is 0. The third-order valence-electron chi connectivity index (χ3n) is 5.83. The predicted octanol–water partition coefficient (Wildman–Crippen LogP) is 4.85. The van der Waals surface area contributed by atoms with Crippen LogP contribution in [0.3, 0.4) is 0 Å². The van der Waals surface area contributed by atoms with Crippen LogP contribution in [0, 0.1) is 11.3 Å². The van der Waals surface area contributed by atoms with Crippen LogP contribution in [0.5, 0.6) is 0 Å². The molecule has 140 valence electrons. The zero-order valence-corrected chi connectivity index (χ0v) is 15.9. The van der Waals surface area contributed by atoms with Gasteiger partial charge in [0, 0.05) is 19.3 Å². The van der Waals surface area contributed by atoms with Crippen LogP contribution in [0.15, 0.2) is 0 Å². The molecule has 2 aliphatic carbocycles. The molecule has 4 nitrogen and oxygen atoms in total. The fourth-order valence-corrected chi connectivity index (χ4v) is 4.95. The summed E-state index contributed by atoms with van der Waals surface area (Å²) in [6.45, 7) is 7.89. The van der Waals surface area contributed by atoms with E-state index in [1.54, 1.807) is 0 Å². The van der Waals surface area contributed by atoms with Crippen molar-refractivity contribution in [2.24, 2.45) is 11.3 Å². The highest BCUT2D eigenvalue weighted by Crippen LogP contribution is 2.56. The van der Waals surface area contributed by atoms with Crippen molar-refractivity contribution in [3.8, 4) is 0 Å². The Morgan fingerprint density at radius 3 is 2.62 bits per heavy atom. The maximum absolute atomic E-state index is 11.4. The minimum absolute atomic E-state index is 0.0421. The van der Waals surface area contributed by atoms with Crippen LogP contribution in [-0.4, -0.2) is 31.6 Å². The van der Waals surface area contributed by atoms with Gasteiger partial charge in [0.25, 0.3) is 0 Å². The normalized spacial score (nSPS) is 31.0. The van der Waals surface area contributed by atoms with Crippen LogP contribution in [-0.2, 0) is 19.0 Å². The highest BCUT2D eigenvalue weighted by Gasteiger charge is 2.50. The number of hydrogen-bond acceptors (Lipinski definition) is 4. The number of carbonyl (C=O) groups excluding carboxylic acids is 1. The molecule has 2 saturated carbocycles. The second kappa shape index (κ2) is 9.19. The van der Waals surface area contributed by atoms with Gasteiger partial charge in [0.05, 0.1) is 19.8 Å². The third kappa shape index (κ3) is 4.95.